The summed E-state index contributed by atoms with van der Waals surface area (Å²) in [5.74, 6) is -0.0141. The van der Waals surface area contributed by atoms with Crippen molar-refractivity contribution in [2.45, 2.75) is 38.2 Å². The number of hydrogen-bond donors (Lipinski definition) is 2. The van der Waals surface area contributed by atoms with Gasteiger partial charge in [-0.2, -0.15) is 0 Å². The second-order valence-corrected chi connectivity index (χ2v) is 10.2. The maximum atomic E-state index is 12.9. The molecule has 8 heteroatoms. The number of phenols is 1. The Morgan fingerprint density at radius 3 is 2.27 bits per heavy atom. The van der Waals surface area contributed by atoms with Gasteiger partial charge in [-0.1, -0.05) is 12.1 Å². The molecule has 30 heavy (non-hydrogen) atoms. The lowest BCUT2D eigenvalue weighted by atomic mass is 9.89. The number of halogens is 2. The lowest BCUT2D eigenvalue weighted by molar-refractivity contribution is -0.152. The van der Waals surface area contributed by atoms with Gasteiger partial charge in [-0.05, 0) is 108 Å². The summed E-state index contributed by atoms with van der Waals surface area (Å²) in [6.45, 7) is 4.34. The molecule has 1 saturated heterocycles. The molecule has 0 bridgehead atoms. The highest BCUT2D eigenvalue weighted by molar-refractivity contribution is 14.1. The minimum Gasteiger partial charge on any atom is -0.506 e. The standard InChI is InChI=1S/C22H23I2NO5/c1-22(2,21(28)29)30-16-5-3-4-14(10-16)13-6-8-25(9-7-13)20(27)15-11-17(23)19(26)18(24)12-15/h3-5,10-13,26H,6-9H2,1-2H3,(H,28,29). The first-order valence-electron chi connectivity index (χ1n) is 9.58. The van der Waals surface area contributed by atoms with E-state index in [0.717, 1.165) is 18.4 Å². The minimum absolute atomic E-state index is 0.0235. The highest BCUT2D eigenvalue weighted by atomic mass is 127. The summed E-state index contributed by atoms with van der Waals surface area (Å²) in [5, 5.41) is 19.2. The SMILES string of the molecule is CC(C)(Oc1cccc(C2CCN(C(=O)c3cc(I)c(O)c(I)c3)CC2)c1)C(=O)O. The molecular weight excluding hydrogens is 612 g/mol. The topological polar surface area (TPSA) is 87.1 Å². The average Bonchev–Trinajstić information content (AvgIpc) is 2.71. The van der Waals surface area contributed by atoms with E-state index >= 15 is 0 Å². The van der Waals surface area contributed by atoms with Crippen molar-refractivity contribution < 1.29 is 24.5 Å². The van der Waals surface area contributed by atoms with Crippen molar-refractivity contribution in [2.24, 2.45) is 0 Å². The Morgan fingerprint density at radius 1 is 1.10 bits per heavy atom. The molecule has 0 radical (unpaired) electrons. The normalized spacial score (nSPS) is 15.1. The summed E-state index contributed by atoms with van der Waals surface area (Å²) in [4.78, 5) is 26.1. The molecule has 6 nitrogen and oxygen atoms in total. The number of aromatic hydroxyl groups is 1. The molecular formula is C22H23I2NO5. The monoisotopic (exact) mass is 635 g/mol. The fourth-order valence-corrected chi connectivity index (χ4v) is 5.23. The van der Waals surface area contributed by atoms with E-state index in [2.05, 4.69) is 0 Å². The molecule has 0 aliphatic carbocycles. The largest absolute Gasteiger partial charge is 0.506 e. The highest BCUT2D eigenvalue weighted by Gasteiger charge is 2.30. The Kier molecular flexibility index (Phi) is 7.16. The predicted octanol–water partition coefficient (Wildman–Crippen LogP) is 4.86. The van der Waals surface area contributed by atoms with Crippen LogP contribution in [-0.4, -0.2) is 45.7 Å². The number of carboxylic acid groups (broad SMARTS) is 1. The number of amides is 1. The van der Waals surface area contributed by atoms with Crippen molar-refractivity contribution in [3.63, 3.8) is 0 Å². The molecule has 1 aliphatic heterocycles. The first-order chi connectivity index (χ1) is 14.1. The number of aliphatic carboxylic acids is 1. The van der Waals surface area contributed by atoms with Gasteiger partial charge in [0.2, 0.25) is 0 Å². The average molecular weight is 635 g/mol. The first-order valence-corrected chi connectivity index (χ1v) is 11.7. The zero-order chi connectivity index (χ0) is 22.1. The number of ether oxygens (including phenoxy) is 1. The van der Waals surface area contributed by atoms with Crippen molar-refractivity contribution in [3.8, 4) is 11.5 Å². The van der Waals surface area contributed by atoms with Crippen LogP contribution in [0.15, 0.2) is 36.4 Å². The van der Waals surface area contributed by atoms with Crippen molar-refractivity contribution in [1.82, 2.24) is 4.90 Å². The number of rotatable bonds is 5. The zero-order valence-electron chi connectivity index (χ0n) is 16.7. The molecule has 0 saturated carbocycles. The number of piperidine rings is 1. The van der Waals surface area contributed by atoms with Crippen LogP contribution in [-0.2, 0) is 4.79 Å². The highest BCUT2D eigenvalue weighted by Crippen LogP contribution is 2.33. The molecule has 1 heterocycles. The molecule has 1 fully saturated rings. The van der Waals surface area contributed by atoms with E-state index in [1.165, 1.54) is 13.8 Å². The fourth-order valence-electron chi connectivity index (χ4n) is 3.46. The number of carbonyl (C=O) groups is 2. The van der Waals surface area contributed by atoms with Crippen molar-refractivity contribution >= 4 is 57.1 Å². The van der Waals surface area contributed by atoms with E-state index in [1.54, 1.807) is 18.2 Å². The van der Waals surface area contributed by atoms with Crippen LogP contribution in [0.5, 0.6) is 11.5 Å². The number of likely N-dealkylation sites (tertiary alicyclic amines) is 1. The van der Waals surface area contributed by atoms with Crippen LogP contribution in [0.4, 0.5) is 0 Å². The fraction of sp³-hybridized carbons (Fsp3) is 0.364. The van der Waals surface area contributed by atoms with E-state index in [1.807, 2.05) is 68.3 Å². The lowest BCUT2D eigenvalue weighted by Gasteiger charge is -2.32. The van der Waals surface area contributed by atoms with Gasteiger partial charge in [-0.15, -0.1) is 0 Å². The van der Waals surface area contributed by atoms with Gasteiger partial charge in [0.05, 0.1) is 7.14 Å². The number of nitrogens with zero attached hydrogens (tertiary/aromatic N) is 1. The Morgan fingerprint density at radius 2 is 1.70 bits per heavy atom. The van der Waals surface area contributed by atoms with Gasteiger partial charge < -0.3 is 19.8 Å². The van der Waals surface area contributed by atoms with Crippen molar-refractivity contribution in [2.75, 3.05) is 13.1 Å². The molecule has 0 unspecified atom stereocenters. The zero-order valence-corrected chi connectivity index (χ0v) is 21.0. The van der Waals surface area contributed by atoms with Gasteiger partial charge >= 0.3 is 5.97 Å². The van der Waals surface area contributed by atoms with E-state index in [4.69, 9.17) is 4.74 Å². The van der Waals surface area contributed by atoms with E-state index in [9.17, 15) is 19.8 Å². The molecule has 0 aromatic heterocycles. The molecule has 3 rings (SSSR count). The van der Waals surface area contributed by atoms with Gasteiger partial charge in [0.15, 0.2) is 5.60 Å². The number of carbonyl (C=O) groups excluding carboxylic acids is 1. The van der Waals surface area contributed by atoms with E-state index in [0.29, 0.717) is 31.5 Å². The van der Waals surface area contributed by atoms with Gasteiger partial charge in [-0.25, -0.2) is 4.79 Å². The van der Waals surface area contributed by atoms with Crippen LogP contribution in [0.3, 0.4) is 0 Å². The summed E-state index contributed by atoms with van der Waals surface area (Å²) in [6.07, 6.45) is 1.65. The molecule has 1 amide bonds. The summed E-state index contributed by atoms with van der Waals surface area (Å²) < 4.78 is 6.99. The van der Waals surface area contributed by atoms with Crippen LogP contribution < -0.4 is 4.74 Å². The van der Waals surface area contributed by atoms with Crippen LogP contribution in [0.2, 0.25) is 0 Å². The number of hydrogen-bond acceptors (Lipinski definition) is 4. The Hall–Kier alpha value is -1.56. The van der Waals surface area contributed by atoms with Crippen molar-refractivity contribution in [1.29, 1.82) is 0 Å². The van der Waals surface area contributed by atoms with E-state index < -0.39 is 11.6 Å². The number of phenolic OH excluding ortho intramolecular Hbond substituents is 1. The molecule has 0 spiro atoms. The Bertz CT molecular complexity index is 945. The Balaban J connectivity index is 1.66. The van der Waals surface area contributed by atoms with Gasteiger partial charge in [0.25, 0.3) is 5.91 Å². The lowest BCUT2D eigenvalue weighted by Crippen LogP contribution is -2.38. The first kappa shape index (κ1) is 23.1. The number of benzene rings is 2. The van der Waals surface area contributed by atoms with Crippen LogP contribution in [0.1, 0.15) is 48.5 Å². The summed E-state index contributed by atoms with van der Waals surface area (Å²) in [7, 11) is 0. The van der Waals surface area contributed by atoms with Gasteiger partial charge in [0, 0.05) is 18.7 Å². The number of carboxylic acids is 1. The van der Waals surface area contributed by atoms with Gasteiger partial charge in [-0.3, -0.25) is 4.79 Å². The van der Waals surface area contributed by atoms with Crippen LogP contribution in [0, 0.1) is 7.14 Å². The third-order valence-corrected chi connectivity index (χ3v) is 6.91. The van der Waals surface area contributed by atoms with Crippen molar-refractivity contribution in [3.05, 3.63) is 54.7 Å². The summed E-state index contributed by atoms with van der Waals surface area (Å²) >= 11 is 4.07. The maximum absolute atomic E-state index is 12.9. The van der Waals surface area contributed by atoms with Gasteiger partial charge in [0.1, 0.15) is 11.5 Å². The second-order valence-electron chi connectivity index (χ2n) is 7.84. The molecule has 160 valence electrons. The van der Waals surface area contributed by atoms with Crippen LogP contribution >= 0.6 is 45.2 Å². The summed E-state index contributed by atoms with van der Waals surface area (Å²) in [5.41, 5.74) is 0.383. The maximum Gasteiger partial charge on any atom is 0.347 e. The second kappa shape index (κ2) is 9.29. The molecule has 0 atom stereocenters. The molecule has 1 aliphatic rings. The van der Waals surface area contributed by atoms with Crippen LogP contribution in [0.25, 0.3) is 0 Å². The third kappa shape index (κ3) is 5.19. The molecule has 2 aromatic rings. The smallest absolute Gasteiger partial charge is 0.347 e. The predicted molar refractivity (Wildman–Crippen MR) is 130 cm³/mol. The molecule has 2 aromatic carbocycles. The summed E-state index contributed by atoms with van der Waals surface area (Å²) in [6, 6.07) is 11.0. The Labute approximate surface area is 202 Å². The molecule has 2 N–H and O–H groups in total. The third-order valence-electron chi connectivity index (χ3n) is 5.26. The minimum atomic E-state index is -1.30. The quantitative estimate of drug-likeness (QED) is 0.459. The van der Waals surface area contributed by atoms with E-state index in [-0.39, 0.29) is 17.6 Å².